The van der Waals surface area contributed by atoms with Crippen molar-refractivity contribution in [3.63, 3.8) is 0 Å². The van der Waals surface area contributed by atoms with Crippen LogP contribution in [0.15, 0.2) is 0 Å². The molecule has 2 nitrogen and oxygen atoms in total. The van der Waals surface area contributed by atoms with Crippen molar-refractivity contribution < 1.29 is 0 Å². The van der Waals surface area contributed by atoms with E-state index in [-0.39, 0.29) is 0 Å². The maximum Gasteiger partial charge on any atom is 0.0181 e. The van der Waals surface area contributed by atoms with Crippen LogP contribution in [0.4, 0.5) is 0 Å². The molecule has 1 rings (SSSR count). The van der Waals surface area contributed by atoms with E-state index in [0.717, 1.165) is 19.0 Å². The Morgan fingerprint density at radius 1 is 1.12 bits per heavy atom. The van der Waals surface area contributed by atoms with Crippen LogP contribution in [0.5, 0.6) is 0 Å². The molecule has 0 spiro atoms. The first-order chi connectivity index (χ1) is 7.23. The van der Waals surface area contributed by atoms with Gasteiger partial charge in [0.25, 0.3) is 0 Å². The van der Waals surface area contributed by atoms with Gasteiger partial charge in [0.1, 0.15) is 0 Å². The van der Waals surface area contributed by atoms with Crippen molar-refractivity contribution in [3.05, 3.63) is 0 Å². The lowest BCUT2D eigenvalue weighted by molar-refractivity contribution is 0.382. The van der Waals surface area contributed by atoms with E-state index in [4.69, 9.17) is 5.73 Å². The molecule has 1 saturated carbocycles. The molecule has 2 heteroatoms. The quantitative estimate of drug-likeness (QED) is 0.730. The zero-order valence-corrected chi connectivity index (χ0v) is 11.9. The smallest absolute Gasteiger partial charge is 0.0181 e. The minimum Gasteiger partial charge on any atom is -0.330 e. The molecule has 0 aliphatic heterocycles. The molecule has 0 aromatic rings. The molecule has 0 saturated heterocycles. The van der Waals surface area contributed by atoms with Gasteiger partial charge in [-0.25, -0.2) is 0 Å². The van der Waals surface area contributed by atoms with Crippen LogP contribution in [-0.4, -0.2) is 19.1 Å². The van der Waals surface area contributed by atoms with Crippen molar-refractivity contribution in [2.75, 3.05) is 13.1 Å². The first kappa shape index (κ1) is 14.0. The Balaban J connectivity index is 2.35. The molecule has 0 aromatic carbocycles. The van der Waals surface area contributed by atoms with Gasteiger partial charge >= 0.3 is 0 Å². The van der Waals surface area contributed by atoms with E-state index >= 15 is 0 Å². The number of nitrogens with two attached hydrogens (primary N) is 1. The highest BCUT2D eigenvalue weighted by Crippen LogP contribution is 2.62. The molecule has 1 aliphatic rings. The summed E-state index contributed by atoms with van der Waals surface area (Å²) in [6, 6.07) is 0.654. The number of rotatable bonds is 6. The second-order valence-corrected chi connectivity index (χ2v) is 7.02. The summed E-state index contributed by atoms with van der Waals surface area (Å²) >= 11 is 0. The normalized spacial score (nSPS) is 24.8. The van der Waals surface area contributed by atoms with Crippen LogP contribution in [0, 0.1) is 22.7 Å². The Hall–Kier alpha value is -0.0800. The van der Waals surface area contributed by atoms with E-state index in [0.29, 0.717) is 22.8 Å². The van der Waals surface area contributed by atoms with Crippen LogP contribution in [0.25, 0.3) is 0 Å². The first-order valence-electron chi connectivity index (χ1n) is 6.67. The van der Waals surface area contributed by atoms with Gasteiger partial charge in [0, 0.05) is 6.04 Å². The fourth-order valence-electron chi connectivity index (χ4n) is 2.92. The van der Waals surface area contributed by atoms with Crippen molar-refractivity contribution in [2.45, 2.75) is 54.0 Å². The third-order valence-electron chi connectivity index (χ3n) is 4.77. The lowest BCUT2D eigenvalue weighted by Crippen LogP contribution is -2.33. The van der Waals surface area contributed by atoms with E-state index in [9.17, 15) is 0 Å². The van der Waals surface area contributed by atoms with E-state index in [1.165, 1.54) is 6.42 Å². The maximum absolute atomic E-state index is 5.82. The molecule has 1 fully saturated rings. The third-order valence-corrected chi connectivity index (χ3v) is 4.77. The molecular formula is C14H30N2. The first-order valence-corrected chi connectivity index (χ1v) is 6.67. The molecule has 96 valence electrons. The summed E-state index contributed by atoms with van der Waals surface area (Å²) in [4.78, 5) is 0. The number of hydrogen-bond acceptors (Lipinski definition) is 2. The second-order valence-electron chi connectivity index (χ2n) is 7.02. The Morgan fingerprint density at radius 2 is 1.62 bits per heavy atom. The Kier molecular flexibility index (Phi) is 4.07. The molecule has 0 aromatic heterocycles. The number of hydrogen-bond donors (Lipinski definition) is 2. The molecule has 3 N–H and O–H groups in total. The highest BCUT2D eigenvalue weighted by atomic mass is 15.0. The summed E-state index contributed by atoms with van der Waals surface area (Å²) in [7, 11) is 0. The number of nitrogens with one attached hydrogen (secondary N) is 1. The van der Waals surface area contributed by atoms with E-state index < -0.39 is 0 Å². The van der Waals surface area contributed by atoms with E-state index in [2.05, 4.69) is 46.9 Å². The Bertz CT molecular complexity index is 217. The molecular weight excluding hydrogens is 196 g/mol. The molecule has 0 heterocycles. The zero-order valence-electron chi connectivity index (χ0n) is 11.9. The average Bonchev–Trinajstić information content (AvgIpc) is 2.52. The van der Waals surface area contributed by atoms with Crippen LogP contribution in [0.3, 0.4) is 0 Å². The van der Waals surface area contributed by atoms with Crippen molar-refractivity contribution in [1.29, 1.82) is 0 Å². The van der Waals surface area contributed by atoms with Gasteiger partial charge in [-0.1, -0.05) is 41.5 Å². The van der Waals surface area contributed by atoms with Crippen molar-refractivity contribution in [3.8, 4) is 0 Å². The monoisotopic (exact) mass is 226 g/mol. The summed E-state index contributed by atoms with van der Waals surface area (Å²) < 4.78 is 0. The van der Waals surface area contributed by atoms with Gasteiger partial charge in [0.2, 0.25) is 0 Å². The zero-order chi connectivity index (χ0) is 12.6. The van der Waals surface area contributed by atoms with Gasteiger partial charge in [0.05, 0.1) is 0 Å². The summed E-state index contributed by atoms with van der Waals surface area (Å²) in [6.07, 6.45) is 1.23. The molecule has 0 amide bonds. The highest BCUT2D eigenvalue weighted by molar-refractivity contribution is 5.17. The fraction of sp³-hybridized carbons (Fsp3) is 1.00. The van der Waals surface area contributed by atoms with Crippen LogP contribution in [-0.2, 0) is 0 Å². The molecule has 0 radical (unpaired) electrons. The van der Waals surface area contributed by atoms with Gasteiger partial charge in [0.15, 0.2) is 0 Å². The van der Waals surface area contributed by atoms with Crippen molar-refractivity contribution in [2.24, 2.45) is 28.4 Å². The summed E-state index contributed by atoms with van der Waals surface area (Å²) in [5.74, 6) is 1.38. The van der Waals surface area contributed by atoms with Crippen molar-refractivity contribution >= 4 is 0 Å². The van der Waals surface area contributed by atoms with Crippen LogP contribution >= 0.6 is 0 Å². The maximum atomic E-state index is 5.82. The molecule has 0 bridgehead atoms. The van der Waals surface area contributed by atoms with Gasteiger partial charge in [-0.15, -0.1) is 0 Å². The second kappa shape index (κ2) is 4.66. The third kappa shape index (κ3) is 2.60. The van der Waals surface area contributed by atoms with Crippen LogP contribution in [0.1, 0.15) is 48.0 Å². The van der Waals surface area contributed by atoms with Gasteiger partial charge in [-0.05, 0) is 42.2 Å². The van der Waals surface area contributed by atoms with Gasteiger partial charge in [-0.3, -0.25) is 0 Å². The molecule has 1 aliphatic carbocycles. The summed E-state index contributed by atoms with van der Waals surface area (Å²) in [6.45, 7) is 15.8. The Morgan fingerprint density at radius 3 is 1.94 bits per heavy atom. The predicted octanol–water partition coefficient (Wildman–Crippen LogP) is 2.63. The SMILES string of the molecule is CC(C)CC(CN)CNC1C(C)(C)C1(C)C. The van der Waals surface area contributed by atoms with E-state index in [1.54, 1.807) is 0 Å². The standard InChI is InChI=1S/C14H30N2/c1-10(2)7-11(8-15)9-16-12-13(3,4)14(12,5)6/h10-12,16H,7-9,15H2,1-6H3. The molecule has 16 heavy (non-hydrogen) atoms. The van der Waals surface area contributed by atoms with Crippen molar-refractivity contribution in [1.82, 2.24) is 5.32 Å². The lowest BCUT2D eigenvalue weighted by atomic mass is 9.97. The molecule has 1 unspecified atom stereocenters. The average molecular weight is 226 g/mol. The summed E-state index contributed by atoms with van der Waals surface area (Å²) in [5.41, 5.74) is 6.69. The largest absolute Gasteiger partial charge is 0.330 e. The van der Waals surface area contributed by atoms with Crippen LogP contribution < -0.4 is 11.1 Å². The minimum atomic E-state index is 0.435. The van der Waals surface area contributed by atoms with Crippen LogP contribution in [0.2, 0.25) is 0 Å². The fourth-order valence-corrected chi connectivity index (χ4v) is 2.92. The minimum absolute atomic E-state index is 0.435. The van der Waals surface area contributed by atoms with Gasteiger partial charge in [-0.2, -0.15) is 0 Å². The topological polar surface area (TPSA) is 38.0 Å². The highest BCUT2D eigenvalue weighted by Gasteiger charge is 2.64. The Labute approximate surface area is 101 Å². The summed E-state index contributed by atoms with van der Waals surface area (Å²) in [5, 5.41) is 3.71. The predicted molar refractivity (Wildman–Crippen MR) is 71.4 cm³/mol. The molecule has 1 atom stereocenters. The van der Waals surface area contributed by atoms with Gasteiger partial charge < -0.3 is 11.1 Å². The van der Waals surface area contributed by atoms with E-state index in [1.807, 2.05) is 0 Å². The lowest BCUT2D eigenvalue weighted by Gasteiger charge is -2.18.